The van der Waals surface area contributed by atoms with Gasteiger partial charge in [-0.2, -0.15) is 0 Å². The minimum Gasteiger partial charge on any atom is -0.398 e. The van der Waals surface area contributed by atoms with Gasteiger partial charge in [-0.15, -0.1) is 0 Å². The molecule has 0 unspecified atom stereocenters. The number of carbonyl (C=O) groups excluding carboxylic acids is 1. The number of hydrogen-bond acceptors (Lipinski definition) is 3. The number of nitrogens with zero attached hydrogens (tertiary/aromatic N) is 2. The molecule has 1 saturated carbocycles. The van der Waals surface area contributed by atoms with Crippen molar-refractivity contribution in [2.45, 2.75) is 25.8 Å². The van der Waals surface area contributed by atoms with Crippen LogP contribution in [0.4, 0.5) is 10.1 Å². The standard InChI is InChI=1S/C15H20FN3O/c1-10-13(16)8-11(9-14(10)17)15(20)19-6-4-18(5-7-19)12-2-3-12/h8-9,12H,2-7,17H2,1H3. The molecule has 0 spiro atoms. The summed E-state index contributed by atoms with van der Waals surface area (Å²) in [7, 11) is 0. The first kappa shape index (κ1) is 13.4. The van der Waals surface area contributed by atoms with Crippen molar-refractivity contribution in [2.75, 3.05) is 31.9 Å². The summed E-state index contributed by atoms with van der Waals surface area (Å²) in [6.07, 6.45) is 2.57. The highest BCUT2D eigenvalue weighted by Crippen LogP contribution is 2.28. The summed E-state index contributed by atoms with van der Waals surface area (Å²) in [4.78, 5) is 16.6. The summed E-state index contributed by atoms with van der Waals surface area (Å²) in [6, 6.07) is 3.61. The van der Waals surface area contributed by atoms with Crippen LogP contribution in [0.5, 0.6) is 0 Å². The third-order valence-corrected chi connectivity index (χ3v) is 4.30. The number of hydrogen-bond donors (Lipinski definition) is 1. The number of rotatable bonds is 2. The summed E-state index contributed by atoms with van der Waals surface area (Å²) in [5.41, 5.74) is 6.83. The summed E-state index contributed by atoms with van der Waals surface area (Å²) in [6.45, 7) is 4.88. The fraction of sp³-hybridized carbons (Fsp3) is 0.533. The lowest BCUT2D eigenvalue weighted by Gasteiger charge is -2.34. The molecule has 1 aromatic rings. The Bertz CT molecular complexity index is 511. The normalized spacial score (nSPS) is 20.2. The average molecular weight is 277 g/mol. The van der Waals surface area contributed by atoms with Crippen molar-refractivity contribution < 1.29 is 9.18 Å². The third-order valence-electron chi connectivity index (χ3n) is 4.30. The van der Waals surface area contributed by atoms with Gasteiger partial charge in [0.05, 0.1) is 0 Å². The van der Waals surface area contributed by atoms with Crippen molar-refractivity contribution in [1.29, 1.82) is 0 Å². The van der Waals surface area contributed by atoms with Crippen LogP contribution in [0.3, 0.4) is 0 Å². The van der Waals surface area contributed by atoms with Crippen molar-refractivity contribution in [3.63, 3.8) is 0 Å². The van der Waals surface area contributed by atoms with Crippen LogP contribution in [0.2, 0.25) is 0 Å². The SMILES string of the molecule is Cc1c(N)cc(C(=O)N2CCN(C3CC3)CC2)cc1F. The predicted molar refractivity (Wildman–Crippen MR) is 76.0 cm³/mol. The molecule has 1 aromatic carbocycles. The number of halogens is 1. The number of nitrogen functional groups attached to an aromatic ring is 1. The fourth-order valence-corrected chi connectivity index (χ4v) is 2.74. The van der Waals surface area contributed by atoms with E-state index in [-0.39, 0.29) is 5.91 Å². The first-order valence-corrected chi connectivity index (χ1v) is 7.15. The van der Waals surface area contributed by atoms with Gasteiger partial charge in [-0.05, 0) is 31.9 Å². The molecule has 0 bridgehead atoms. The molecular formula is C15H20FN3O. The van der Waals surface area contributed by atoms with Crippen molar-refractivity contribution in [3.05, 3.63) is 29.1 Å². The molecule has 20 heavy (non-hydrogen) atoms. The molecule has 1 amide bonds. The van der Waals surface area contributed by atoms with E-state index in [1.54, 1.807) is 17.9 Å². The first-order chi connectivity index (χ1) is 9.56. The topological polar surface area (TPSA) is 49.6 Å². The first-order valence-electron chi connectivity index (χ1n) is 7.15. The van der Waals surface area contributed by atoms with Crippen molar-refractivity contribution in [2.24, 2.45) is 0 Å². The Labute approximate surface area is 118 Å². The van der Waals surface area contributed by atoms with Gasteiger partial charge in [0.2, 0.25) is 0 Å². The van der Waals surface area contributed by atoms with E-state index in [0.717, 1.165) is 19.1 Å². The molecular weight excluding hydrogens is 257 g/mol. The smallest absolute Gasteiger partial charge is 0.254 e. The Morgan fingerprint density at radius 2 is 1.90 bits per heavy atom. The van der Waals surface area contributed by atoms with E-state index in [1.165, 1.54) is 18.9 Å². The van der Waals surface area contributed by atoms with E-state index >= 15 is 0 Å². The number of amides is 1. The zero-order chi connectivity index (χ0) is 14.3. The van der Waals surface area contributed by atoms with Crippen molar-refractivity contribution >= 4 is 11.6 Å². The molecule has 4 nitrogen and oxygen atoms in total. The Hall–Kier alpha value is -1.62. The molecule has 0 atom stereocenters. The van der Waals surface area contributed by atoms with Gasteiger partial charge in [0, 0.05) is 49.0 Å². The Morgan fingerprint density at radius 3 is 2.45 bits per heavy atom. The maximum atomic E-state index is 13.7. The monoisotopic (exact) mass is 277 g/mol. The zero-order valence-corrected chi connectivity index (χ0v) is 11.7. The summed E-state index contributed by atoms with van der Waals surface area (Å²) in [5, 5.41) is 0. The Balaban J connectivity index is 1.70. The summed E-state index contributed by atoms with van der Waals surface area (Å²) < 4.78 is 13.7. The third kappa shape index (κ3) is 2.50. The minimum absolute atomic E-state index is 0.119. The van der Waals surface area contributed by atoms with E-state index < -0.39 is 5.82 Å². The molecule has 1 saturated heterocycles. The second-order valence-corrected chi connectivity index (χ2v) is 5.73. The predicted octanol–water partition coefficient (Wildman–Crippen LogP) is 1.64. The highest BCUT2D eigenvalue weighted by atomic mass is 19.1. The van der Waals surface area contributed by atoms with E-state index in [1.807, 2.05) is 0 Å². The zero-order valence-electron chi connectivity index (χ0n) is 11.7. The second kappa shape index (κ2) is 5.05. The van der Waals surface area contributed by atoms with Crippen molar-refractivity contribution in [1.82, 2.24) is 9.80 Å². The fourth-order valence-electron chi connectivity index (χ4n) is 2.74. The van der Waals surface area contributed by atoms with Gasteiger partial charge < -0.3 is 10.6 Å². The van der Waals surface area contributed by atoms with Gasteiger partial charge >= 0.3 is 0 Å². The molecule has 1 aliphatic carbocycles. The van der Waals surface area contributed by atoms with Gasteiger partial charge in [0.25, 0.3) is 5.91 Å². The van der Waals surface area contributed by atoms with Gasteiger partial charge in [-0.3, -0.25) is 9.69 Å². The molecule has 0 aromatic heterocycles. The van der Waals surface area contributed by atoms with E-state index in [2.05, 4.69) is 4.90 Å². The molecule has 2 N–H and O–H groups in total. The van der Waals surface area contributed by atoms with E-state index in [0.29, 0.717) is 29.9 Å². The van der Waals surface area contributed by atoms with Crippen LogP contribution in [0.25, 0.3) is 0 Å². The van der Waals surface area contributed by atoms with Gasteiger partial charge in [0.15, 0.2) is 0 Å². The van der Waals surface area contributed by atoms with Crippen LogP contribution < -0.4 is 5.73 Å². The van der Waals surface area contributed by atoms with Crippen LogP contribution in [-0.2, 0) is 0 Å². The maximum absolute atomic E-state index is 13.7. The van der Waals surface area contributed by atoms with Crippen molar-refractivity contribution in [3.8, 4) is 0 Å². The molecule has 0 radical (unpaired) electrons. The molecule has 2 aliphatic rings. The van der Waals surface area contributed by atoms with E-state index in [4.69, 9.17) is 5.73 Å². The Kier molecular flexibility index (Phi) is 3.38. The molecule has 1 aliphatic heterocycles. The lowest BCUT2D eigenvalue weighted by molar-refractivity contribution is 0.0627. The van der Waals surface area contributed by atoms with Crippen LogP contribution in [0, 0.1) is 12.7 Å². The minimum atomic E-state index is -0.412. The molecule has 3 rings (SSSR count). The molecule has 108 valence electrons. The quantitative estimate of drug-likeness (QED) is 0.836. The molecule has 1 heterocycles. The lowest BCUT2D eigenvalue weighted by atomic mass is 10.1. The highest BCUT2D eigenvalue weighted by Gasteiger charge is 2.32. The number of nitrogens with two attached hydrogens (primary N) is 1. The van der Waals surface area contributed by atoms with E-state index in [9.17, 15) is 9.18 Å². The number of benzene rings is 1. The van der Waals surface area contributed by atoms with Crippen LogP contribution >= 0.6 is 0 Å². The highest BCUT2D eigenvalue weighted by molar-refractivity contribution is 5.95. The van der Waals surface area contributed by atoms with Gasteiger partial charge in [-0.1, -0.05) is 0 Å². The number of anilines is 1. The maximum Gasteiger partial charge on any atom is 0.254 e. The summed E-state index contributed by atoms with van der Waals surface area (Å²) >= 11 is 0. The largest absolute Gasteiger partial charge is 0.398 e. The average Bonchev–Trinajstić information content (AvgIpc) is 3.28. The number of carbonyl (C=O) groups is 1. The van der Waals surface area contributed by atoms with Crippen LogP contribution in [0.1, 0.15) is 28.8 Å². The van der Waals surface area contributed by atoms with Crippen LogP contribution in [0.15, 0.2) is 12.1 Å². The molecule has 5 heteroatoms. The number of piperazine rings is 1. The molecule has 2 fully saturated rings. The Morgan fingerprint density at radius 1 is 1.25 bits per heavy atom. The second-order valence-electron chi connectivity index (χ2n) is 5.73. The van der Waals surface area contributed by atoms with Gasteiger partial charge in [-0.25, -0.2) is 4.39 Å². The summed E-state index contributed by atoms with van der Waals surface area (Å²) in [5.74, 6) is -0.531. The van der Waals surface area contributed by atoms with Gasteiger partial charge in [0.1, 0.15) is 5.82 Å². The van der Waals surface area contributed by atoms with Crippen LogP contribution in [-0.4, -0.2) is 47.9 Å². The lowest BCUT2D eigenvalue weighted by Crippen LogP contribution is -2.49.